The van der Waals surface area contributed by atoms with E-state index in [1.807, 2.05) is 24.3 Å². The summed E-state index contributed by atoms with van der Waals surface area (Å²) in [6.07, 6.45) is 1.42. The van der Waals surface area contributed by atoms with Gasteiger partial charge in [0.05, 0.1) is 26.0 Å². The Hall–Kier alpha value is -1.66. The third-order valence-electron chi connectivity index (χ3n) is 3.56. The first-order chi connectivity index (χ1) is 11.4. The maximum absolute atomic E-state index is 12.0. The van der Waals surface area contributed by atoms with E-state index in [4.69, 9.17) is 14.5 Å². The van der Waals surface area contributed by atoms with Crippen molar-refractivity contribution in [2.24, 2.45) is 4.99 Å². The maximum Gasteiger partial charge on any atom is 0.341 e. The molecule has 128 valence electrons. The lowest BCUT2D eigenvalue weighted by molar-refractivity contribution is -0.133. The van der Waals surface area contributed by atoms with Crippen molar-refractivity contribution >= 4 is 39.4 Å². The highest BCUT2D eigenvalue weighted by Gasteiger charge is 2.30. The first kappa shape index (κ1) is 18.7. The van der Waals surface area contributed by atoms with Crippen LogP contribution in [0.15, 0.2) is 47.0 Å². The highest BCUT2D eigenvalue weighted by molar-refractivity contribution is 8.40. The quantitative estimate of drug-likeness (QED) is 0.439. The van der Waals surface area contributed by atoms with E-state index >= 15 is 0 Å². The molecule has 0 fully saturated rings. The topological polar surface area (TPSA) is 47.9 Å². The zero-order chi connectivity index (χ0) is 17.7. The maximum atomic E-state index is 12.0. The Morgan fingerprint density at radius 1 is 1.38 bits per heavy atom. The van der Waals surface area contributed by atoms with Gasteiger partial charge in [-0.05, 0) is 25.0 Å². The van der Waals surface area contributed by atoms with Gasteiger partial charge in [-0.2, -0.15) is 0 Å². The molecule has 0 spiro atoms. The van der Waals surface area contributed by atoms with E-state index < -0.39 is 5.97 Å². The number of methoxy groups -OCH3 is 2. The predicted octanol–water partition coefficient (Wildman–Crippen LogP) is 4.48. The average molecular weight is 364 g/mol. The molecule has 24 heavy (non-hydrogen) atoms. The fraction of sp³-hybridized carbons (Fsp3) is 0.333. The van der Waals surface area contributed by atoms with Gasteiger partial charge in [-0.1, -0.05) is 54.4 Å². The summed E-state index contributed by atoms with van der Waals surface area (Å²) in [5.74, 6) is 0.278. The Bertz CT molecular complexity index is 708. The van der Waals surface area contributed by atoms with Crippen LogP contribution in [0.3, 0.4) is 0 Å². The van der Waals surface area contributed by atoms with E-state index in [1.54, 1.807) is 23.5 Å². The summed E-state index contributed by atoms with van der Waals surface area (Å²) >= 11 is 3.26. The van der Waals surface area contributed by atoms with Crippen LogP contribution in [-0.2, 0) is 20.0 Å². The molecule has 0 radical (unpaired) electrons. The molecule has 6 heteroatoms. The molecule has 1 aromatic rings. The number of aliphatic imine (C=N–C) groups is 1. The molecule has 0 unspecified atom stereocenters. The molecule has 0 bridgehead atoms. The Balaban J connectivity index is 2.22. The Morgan fingerprint density at radius 3 is 2.67 bits per heavy atom. The van der Waals surface area contributed by atoms with E-state index in [2.05, 4.69) is 20.4 Å². The third-order valence-corrected chi connectivity index (χ3v) is 5.97. The summed E-state index contributed by atoms with van der Waals surface area (Å²) in [7, 11) is 2.87. The van der Waals surface area contributed by atoms with E-state index in [0.717, 1.165) is 20.4 Å². The minimum absolute atomic E-state index is 0.223. The number of benzene rings is 1. The summed E-state index contributed by atoms with van der Waals surface area (Å²) in [4.78, 5) is 17.8. The van der Waals surface area contributed by atoms with Crippen LogP contribution in [0.2, 0.25) is 0 Å². The molecule has 0 aliphatic carbocycles. The molecule has 4 nitrogen and oxygen atoms in total. The van der Waals surface area contributed by atoms with Crippen LogP contribution in [-0.4, -0.2) is 30.1 Å². The summed E-state index contributed by atoms with van der Waals surface area (Å²) < 4.78 is 10.9. The van der Waals surface area contributed by atoms with Crippen molar-refractivity contribution in [3.8, 4) is 0 Å². The normalized spacial score (nSPS) is 16.8. The van der Waals surface area contributed by atoms with Gasteiger partial charge in [-0.25, -0.2) is 4.79 Å². The average Bonchev–Trinajstić information content (AvgIpc) is 2.83. The number of hydrogen-bond acceptors (Lipinski definition) is 6. The Labute approximate surface area is 151 Å². The number of hydrogen-bond donors (Lipinski definition) is 0. The Kier molecular flexibility index (Phi) is 6.18. The fourth-order valence-corrected chi connectivity index (χ4v) is 4.42. The lowest BCUT2D eigenvalue weighted by Crippen LogP contribution is -2.12. The van der Waals surface area contributed by atoms with E-state index in [9.17, 15) is 4.79 Å². The van der Waals surface area contributed by atoms with Crippen molar-refractivity contribution in [1.82, 2.24) is 0 Å². The van der Waals surface area contributed by atoms with Crippen LogP contribution < -0.4 is 0 Å². The number of carbonyl (C=O) groups excluding carboxylic acids is 1. The van der Waals surface area contributed by atoms with Gasteiger partial charge in [0.1, 0.15) is 9.95 Å². The second kappa shape index (κ2) is 7.94. The number of ether oxygens (including phenoxy) is 2. The molecule has 1 aromatic carbocycles. The Morgan fingerprint density at radius 2 is 2.08 bits per heavy atom. The number of rotatable bonds is 5. The van der Waals surface area contributed by atoms with Crippen LogP contribution in [0.25, 0.3) is 5.57 Å². The van der Waals surface area contributed by atoms with Crippen LogP contribution in [0.5, 0.6) is 0 Å². The summed E-state index contributed by atoms with van der Waals surface area (Å²) in [6.45, 7) is 8.18. The smallest absolute Gasteiger partial charge is 0.341 e. The monoisotopic (exact) mass is 363 g/mol. The number of nitrogens with zero attached hydrogens (tertiary/aromatic N) is 1. The number of thioether (sulfide) groups is 2. The largest absolute Gasteiger partial charge is 0.503 e. The first-order valence-corrected chi connectivity index (χ1v) is 9.18. The molecular weight excluding hydrogens is 342 g/mol. The summed E-state index contributed by atoms with van der Waals surface area (Å²) in [5, 5.41) is 0. The minimum atomic E-state index is -0.420. The molecule has 0 amide bonds. The molecule has 0 atom stereocenters. The van der Waals surface area contributed by atoms with Crippen molar-refractivity contribution in [2.45, 2.75) is 25.1 Å². The molecule has 0 aromatic heterocycles. The lowest BCUT2D eigenvalue weighted by atomic mass is 10.0. The zero-order valence-electron chi connectivity index (χ0n) is 14.3. The third kappa shape index (κ3) is 4.24. The molecule has 1 heterocycles. The highest BCUT2D eigenvalue weighted by atomic mass is 32.2. The van der Waals surface area contributed by atoms with Crippen molar-refractivity contribution in [1.29, 1.82) is 0 Å². The molecule has 0 saturated carbocycles. The van der Waals surface area contributed by atoms with E-state index in [1.165, 1.54) is 20.5 Å². The zero-order valence-corrected chi connectivity index (χ0v) is 15.9. The van der Waals surface area contributed by atoms with Gasteiger partial charge in [0.25, 0.3) is 0 Å². The van der Waals surface area contributed by atoms with Gasteiger partial charge in [0.15, 0.2) is 0 Å². The molecule has 0 N–H and O–H groups in total. The molecule has 0 saturated heterocycles. The molecule has 1 aliphatic heterocycles. The van der Waals surface area contributed by atoms with Gasteiger partial charge in [0, 0.05) is 10.7 Å². The standard InChI is InChI=1S/C18H21NO3S2/c1-12-18(2,3)19-17(24-12)23-11-13-8-6-7-9-14(13)15(10-21-4)16(20)22-5/h6-10H,1,11H2,2-5H3. The molecule has 2 rings (SSSR count). The van der Waals surface area contributed by atoms with Crippen molar-refractivity contribution in [3.63, 3.8) is 0 Å². The van der Waals surface area contributed by atoms with Gasteiger partial charge in [-0.3, -0.25) is 4.99 Å². The van der Waals surface area contributed by atoms with Crippen molar-refractivity contribution in [3.05, 3.63) is 53.1 Å². The van der Waals surface area contributed by atoms with Gasteiger partial charge >= 0.3 is 5.97 Å². The van der Waals surface area contributed by atoms with Gasteiger partial charge < -0.3 is 9.47 Å². The van der Waals surface area contributed by atoms with E-state index in [-0.39, 0.29) is 5.54 Å². The minimum Gasteiger partial charge on any atom is -0.503 e. The second-order valence-corrected chi connectivity index (χ2v) is 7.97. The van der Waals surface area contributed by atoms with Crippen LogP contribution in [0.4, 0.5) is 0 Å². The summed E-state index contributed by atoms with van der Waals surface area (Å²) in [5.41, 5.74) is 2.01. The molecular formula is C18H21NO3S2. The van der Waals surface area contributed by atoms with Crippen molar-refractivity contribution < 1.29 is 14.3 Å². The first-order valence-electron chi connectivity index (χ1n) is 7.38. The predicted molar refractivity (Wildman–Crippen MR) is 103 cm³/mol. The van der Waals surface area contributed by atoms with Crippen LogP contribution in [0.1, 0.15) is 25.0 Å². The summed E-state index contributed by atoms with van der Waals surface area (Å²) in [6, 6.07) is 7.73. The van der Waals surface area contributed by atoms with Gasteiger partial charge in [-0.15, -0.1) is 0 Å². The van der Waals surface area contributed by atoms with Crippen molar-refractivity contribution in [2.75, 3.05) is 14.2 Å². The fourth-order valence-electron chi connectivity index (χ4n) is 2.10. The number of esters is 1. The highest BCUT2D eigenvalue weighted by Crippen LogP contribution is 2.42. The second-order valence-electron chi connectivity index (χ2n) is 5.67. The lowest BCUT2D eigenvalue weighted by Gasteiger charge is -2.12. The van der Waals surface area contributed by atoms with Crippen LogP contribution >= 0.6 is 23.5 Å². The van der Waals surface area contributed by atoms with Gasteiger partial charge in [0.2, 0.25) is 0 Å². The van der Waals surface area contributed by atoms with Crippen LogP contribution in [0, 0.1) is 0 Å². The molecule has 1 aliphatic rings. The van der Waals surface area contributed by atoms with E-state index in [0.29, 0.717) is 11.3 Å². The number of carbonyl (C=O) groups is 1. The SMILES string of the molecule is C=C1SC(SCc2ccccc2C(=COC)C(=O)OC)=NC1(C)C.